The van der Waals surface area contributed by atoms with Gasteiger partial charge in [0.1, 0.15) is 0 Å². The van der Waals surface area contributed by atoms with Crippen LogP contribution in [0.3, 0.4) is 0 Å². The van der Waals surface area contributed by atoms with Gasteiger partial charge in [0.2, 0.25) is 0 Å². The number of rotatable bonds is 7. The smallest absolute Gasteiger partial charge is 0.0558 e. The van der Waals surface area contributed by atoms with E-state index in [2.05, 4.69) is 40.5 Å². The second kappa shape index (κ2) is 7.07. The summed E-state index contributed by atoms with van der Waals surface area (Å²) in [6.07, 6.45) is 8.51. The van der Waals surface area contributed by atoms with E-state index in [1.807, 2.05) is 17.9 Å². The first kappa shape index (κ1) is 15.3. The van der Waals surface area contributed by atoms with Gasteiger partial charge in [0.25, 0.3) is 0 Å². The van der Waals surface area contributed by atoms with Gasteiger partial charge in [-0.2, -0.15) is 5.10 Å². The van der Waals surface area contributed by atoms with Crippen molar-refractivity contribution in [1.82, 2.24) is 14.7 Å². The van der Waals surface area contributed by atoms with Gasteiger partial charge in [-0.05, 0) is 48.9 Å². The third-order valence-electron chi connectivity index (χ3n) is 4.60. The van der Waals surface area contributed by atoms with Crippen molar-refractivity contribution in [3.05, 3.63) is 53.3 Å². The predicted octanol–water partition coefficient (Wildman–Crippen LogP) is 2.33. The third-order valence-corrected chi connectivity index (χ3v) is 4.60. The molecule has 4 heteroatoms. The molecule has 0 aliphatic heterocycles. The molecule has 1 N–H and O–H groups in total. The molecule has 2 aromatic rings. The maximum atomic E-state index is 9.41. The Labute approximate surface area is 132 Å². The normalized spacial score (nSPS) is 17.1. The van der Waals surface area contributed by atoms with E-state index in [-0.39, 0.29) is 6.61 Å². The Kier molecular flexibility index (Phi) is 4.90. The maximum absolute atomic E-state index is 9.41. The zero-order chi connectivity index (χ0) is 15.4. The standard InChI is InChI=1S/C18H25N3O/c1-20-14-15(13-19-20)5-4-10-21(11-12-22)18-9-8-16-6-2-3-7-17(16)18/h2-3,6-7,13-14,18,22H,4-5,8-12H2,1H3. The van der Waals surface area contributed by atoms with Gasteiger partial charge in [0.15, 0.2) is 0 Å². The molecule has 3 rings (SSSR count). The summed E-state index contributed by atoms with van der Waals surface area (Å²) < 4.78 is 1.86. The molecule has 0 radical (unpaired) electrons. The Morgan fingerprint density at radius 3 is 2.95 bits per heavy atom. The molecule has 1 aliphatic rings. The van der Waals surface area contributed by atoms with Crippen molar-refractivity contribution < 1.29 is 5.11 Å². The Bertz CT molecular complexity index is 608. The van der Waals surface area contributed by atoms with E-state index in [1.54, 1.807) is 0 Å². The van der Waals surface area contributed by atoms with Gasteiger partial charge in [0.05, 0.1) is 12.8 Å². The first-order valence-corrected chi connectivity index (χ1v) is 8.18. The lowest BCUT2D eigenvalue weighted by molar-refractivity contribution is 0.148. The van der Waals surface area contributed by atoms with Crippen LogP contribution in [0.2, 0.25) is 0 Å². The van der Waals surface area contributed by atoms with Crippen molar-refractivity contribution in [2.45, 2.75) is 31.7 Å². The zero-order valence-electron chi connectivity index (χ0n) is 13.3. The fourth-order valence-electron chi connectivity index (χ4n) is 3.55. The number of hydrogen-bond acceptors (Lipinski definition) is 3. The average Bonchev–Trinajstić information content (AvgIpc) is 3.13. The number of fused-ring (bicyclic) bond motifs is 1. The van der Waals surface area contributed by atoms with E-state index in [4.69, 9.17) is 0 Å². The van der Waals surface area contributed by atoms with Gasteiger partial charge in [-0.1, -0.05) is 24.3 Å². The van der Waals surface area contributed by atoms with Crippen LogP contribution < -0.4 is 0 Å². The van der Waals surface area contributed by atoms with E-state index in [1.165, 1.54) is 23.1 Å². The monoisotopic (exact) mass is 299 g/mol. The largest absolute Gasteiger partial charge is 0.395 e. The van der Waals surface area contributed by atoms with Crippen molar-refractivity contribution in [3.63, 3.8) is 0 Å². The molecule has 0 saturated carbocycles. The van der Waals surface area contributed by atoms with Crippen LogP contribution in [0.25, 0.3) is 0 Å². The van der Waals surface area contributed by atoms with Crippen LogP contribution in [0, 0.1) is 0 Å². The summed E-state index contributed by atoms with van der Waals surface area (Å²) in [5.74, 6) is 0. The molecular formula is C18H25N3O. The fourth-order valence-corrected chi connectivity index (χ4v) is 3.55. The molecular weight excluding hydrogens is 274 g/mol. The van der Waals surface area contributed by atoms with Gasteiger partial charge in [-0.25, -0.2) is 0 Å². The van der Waals surface area contributed by atoms with E-state index in [0.717, 1.165) is 32.4 Å². The molecule has 0 spiro atoms. The highest BCUT2D eigenvalue weighted by Crippen LogP contribution is 2.35. The zero-order valence-corrected chi connectivity index (χ0v) is 13.3. The SMILES string of the molecule is Cn1cc(CCCN(CCO)C2CCc3ccccc32)cn1. The van der Waals surface area contributed by atoms with Crippen LogP contribution in [0.15, 0.2) is 36.7 Å². The summed E-state index contributed by atoms with van der Waals surface area (Å²) in [5, 5.41) is 13.6. The molecule has 22 heavy (non-hydrogen) atoms. The number of aliphatic hydroxyl groups excluding tert-OH is 1. The van der Waals surface area contributed by atoms with Crippen LogP contribution >= 0.6 is 0 Å². The number of aliphatic hydroxyl groups is 1. The van der Waals surface area contributed by atoms with Gasteiger partial charge < -0.3 is 5.11 Å². The summed E-state index contributed by atoms with van der Waals surface area (Å²) in [6.45, 7) is 2.01. The first-order valence-electron chi connectivity index (χ1n) is 8.18. The molecule has 1 heterocycles. The minimum Gasteiger partial charge on any atom is -0.395 e. The van der Waals surface area contributed by atoms with E-state index < -0.39 is 0 Å². The van der Waals surface area contributed by atoms with Gasteiger partial charge in [-0.15, -0.1) is 0 Å². The number of aryl methyl sites for hydroxylation is 3. The van der Waals surface area contributed by atoms with E-state index >= 15 is 0 Å². The first-order chi connectivity index (χ1) is 10.8. The summed E-state index contributed by atoms with van der Waals surface area (Å²) in [4.78, 5) is 2.45. The molecule has 1 aromatic heterocycles. The molecule has 118 valence electrons. The summed E-state index contributed by atoms with van der Waals surface area (Å²) in [7, 11) is 1.96. The minimum atomic E-state index is 0.228. The second-order valence-electron chi connectivity index (χ2n) is 6.14. The highest BCUT2D eigenvalue weighted by Gasteiger charge is 2.26. The highest BCUT2D eigenvalue weighted by molar-refractivity contribution is 5.34. The lowest BCUT2D eigenvalue weighted by Gasteiger charge is -2.29. The quantitative estimate of drug-likeness (QED) is 0.853. The third kappa shape index (κ3) is 3.39. The van der Waals surface area contributed by atoms with Crippen molar-refractivity contribution >= 4 is 0 Å². The number of aromatic nitrogens is 2. The summed E-state index contributed by atoms with van der Waals surface area (Å²) >= 11 is 0. The lowest BCUT2D eigenvalue weighted by Crippen LogP contribution is -2.31. The van der Waals surface area contributed by atoms with E-state index in [0.29, 0.717) is 6.04 Å². The maximum Gasteiger partial charge on any atom is 0.0558 e. The molecule has 0 bridgehead atoms. The second-order valence-corrected chi connectivity index (χ2v) is 6.14. The Morgan fingerprint density at radius 1 is 1.32 bits per heavy atom. The summed E-state index contributed by atoms with van der Waals surface area (Å²) in [5.41, 5.74) is 4.22. The Morgan fingerprint density at radius 2 is 2.18 bits per heavy atom. The van der Waals surface area contributed by atoms with Crippen LogP contribution in [0.4, 0.5) is 0 Å². The molecule has 1 unspecified atom stereocenters. The van der Waals surface area contributed by atoms with Crippen molar-refractivity contribution in [1.29, 1.82) is 0 Å². The van der Waals surface area contributed by atoms with Crippen molar-refractivity contribution in [2.24, 2.45) is 7.05 Å². The van der Waals surface area contributed by atoms with Crippen LogP contribution in [0.5, 0.6) is 0 Å². The predicted molar refractivity (Wildman–Crippen MR) is 87.7 cm³/mol. The van der Waals surface area contributed by atoms with Crippen LogP contribution in [0.1, 0.15) is 35.6 Å². The van der Waals surface area contributed by atoms with E-state index in [9.17, 15) is 5.11 Å². The van der Waals surface area contributed by atoms with Gasteiger partial charge in [-0.3, -0.25) is 9.58 Å². The number of benzene rings is 1. The topological polar surface area (TPSA) is 41.3 Å². The van der Waals surface area contributed by atoms with Crippen LogP contribution in [-0.2, 0) is 19.9 Å². The fraction of sp³-hybridized carbons (Fsp3) is 0.500. The Balaban J connectivity index is 1.61. The average molecular weight is 299 g/mol. The van der Waals surface area contributed by atoms with Crippen LogP contribution in [-0.4, -0.2) is 39.5 Å². The molecule has 0 saturated heterocycles. The molecule has 1 aliphatic carbocycles. The molecule has 1 aromatic carbocycles. The lowest BCUT2D eigenvalue weighted by atomic mass is 10.1. The molecule has 0 amide bonds. The molecule has 4 nitrogen and oxygen atoms in total. The minimum absolute atomic E-state index is 0.228. The van der Waals surface area contributed by atoms with Gasteiger partial charge >= 0.3 is 0 Å². The molecule has 1 atom stereocenters. The highest BCUT2D eigenvalue weighted by atomic mass is 16.3. The number of nitrogens with zero attached hydrogens (tertiary/aromatic N) is 3. The number of hydrogen-bond donors (Lipinski definition) is 1. The summed E-state index contributed by atoms with van der Waals surface area (Å²) in [6, 6.07) is 9.21. The van der Waals surface area contributed by atoms with Crippen molar-refractivity contribution in [2.75, 3.05) is 19.7 Å². The Hall–Kier alpha value is -1.65. The van der Waals surface area contributed by atoms with Gasteiger partial charge in [0, 0.05) is 25.8 Å². The van der Waals surface area contributed by atoms with Crippen molar-refractivity contribution in [3.8, 4) is 0 Å². The molecule has 0 fully saturated rings.